The molecule has 16 heavy (non-hydrogen) atoms. The third-order valence-electron chi connectivity index (χ3n) is 2.55. The molecule has 3 heteroatoms. The average molecular weight is 226 g/mol. The highest BCUT2D eigenvalue weighted by atomic mass is 19.1. The number of benzene rings is 1. The lowest BCUT2D eigenvalue weighted by Crippen LogP contribution is -2.32. The molecule has 1 atom stereocenters. The lowest BCUT2D eigenvalue weighted by atomic mass is 9.90. The fraction of sp³-hybridized carbons (Fsp3) is 0.538. The molecule has 2 nitrogen and oxygen atoms in total. The molecule has 0 radical (unpaired) electrons. The Labute approximate surface area is 96.1 Å². The van der Waals surface area contributed by atoms with Crippen LogP contribution in [0.3, 0.4) is 0 Å². The molecule has 0 amide bonds. The Balaban J connectivity index is 2.65. The molecule has 1 N–H and O–H groups in total. The molecule has 0 fully saturated rings. The molecule has 0 saturated heterocycles. The van der Waals surface area contributed by atoms with E-state index >= 15 is 0 Å². The number of rotatable bonds is 3. The largest absolute Gasteiger partial charge is 0.488 e. The first-order chi connectivity index (χ1) is 7.32. The Morgan fingerprint density at radius 1 is 1.38 bits per heavy atom. The highest BCUT2D eigenvalue weighted by molar-refractivity contribution is 5.30. The minimum absolute atomic E-state index is 0.101. The van der Waals surface area contributed by atoms with Crippen LogP contribution in [0.2, 0.25) is 0 Å². The van der Waals surface area contributed by atoms with Crippen LogP contribution in [0.25, 0.3) is 0 Å². The summed E-state index contributed by atoms with van der Waals surface area (Å²) in [6.45, 7) is 7.52. The second-order valence-electron chi connectivity index (χ2n) is 5.08. The first-order valence-electron chi connectivity index (χ1n) is 5.38. The summed E-state index contributed by atoms with van der Waals surface area (Å²) in [5.41, 5.74) is 0.281. The van der Waals surface area contributed by atoms with E-state index in [0.717, 1.165) is 0 Å². The summed E-state index contributed by atoms with van der Waals surface area (Å²) >= 11 is 0. The van der Waals surface area contributed by atoms with Crippen LogP contribution in [0.1, 0.15) is 26.3 Å². The van der Waals surface area contributed by atoms with E-state index in [0.29, 0.717) is 5.56 Å². The average Bonchev–Trinajstić information content (AvgIpc) is 2.18. The first-order valence-corrected chi connectivity index (χ1v) is 5.38. The Morgan fingerprint density at radius 2 is 2.00 bits per heavy atom. The number of hydrogen-bond acceptors (Lipinski definition) is 2. The molecular weight excluding hydrogens is 207 g/mol. The highest BCUT2D eigenvalue weighted by Gasteiger charge is 2.23. The van der Waals surface area contributed by atoms with Gasteiger partial charge >= 0.3 is 0 Å². The summed E-state index contributed by atoms with van der Waals surface area (Å²) in [4.78, 5) is 0. The molecule has 0 aliphatic carbocycles. The molecule has 0 heterocycles. The van der Waals surface area contributed by atoms with Crippen LogP contribution in [0.5, 0.6) is 5.75 Å². The molecule has 1 aromatic rings. The van der Waals surface area contributed by atoms with Gasteiger partial charge in [0.15, 0.2) is 11.6 Å². The third-order valence-corrected chi connectivity index (χ3v) is 2.55. The minimum atomic E-state index is -0.618. The molecule has 0 spiro atoms. The van der Waals surface area contributed by atoms with Crippen molar-refractivity contribution in [2.24, 2.45) is 5.41 Å². The zero-order valence-electron chi connectivity index (χ0n) is 10.2. The first kappa shape index (κ1) is 13.0. The normalized spacial score (nSPS) is 13.6. The van der Waals surface area contributed by atoms with Crippen molar-refractivity contribution in [3.8, 4) is 5.75 Å². The predicted molar refractivity (Wildman–Crippen MR) is 62.1 cm³/mol. The molecule has 1 rings (SSSR count). The number of aliphatic hydroxyl groups excluding tert-OH is 1. The van der Waals surface area contributed by atoms with Gasteiger partial charge in [-0.15, -0.1) is 0 Å². The van der Waals surface area contributed by atoms with Crippen LogP contribution in [0, 0.1) is 18.2 Å². The fourth-order valence-electron chi connectivity index (χ4n) is 1.15. The van der Waals surface area contributed by atoms with Gasteiger partial charge in [0.2, 0.25) is 0 Å². The molecule has 90 valence electrons. The van der Waals surface area contributed by atoms with Gasteiger partial charge in [0.25, 0.3) is 0 Å². The molecule has 0 aliphatic heterocycles. The van der Waals surface area contributed by atoms with Crippen LogP contribution >= 0.6 is 0 Å². The number of aliphatic hydroxyl groups is 1. The van der Waals surface area contributed by atoms with Gasteiger partial charge in [-0.25, -0.2) is 4.39 Å². The number of hydrogen-bond donors (Lipinski definition) is 1. The molecule has 0 aliphatic rings. The van der Waals surface area contributed by atoms with Crippen LogP contribution < -0.4 is 4.74 Å². The Morgan fingerprint density at radius 3 is 2.56 bits per heavy atom. The van der Waals surface area contributed by atoms with Crippen molar-refractivity contribution in [1.82, 2.24) is 0 Å². The Kier molecular flexibility index (Phi) is 3.92. The van der Waals surface area contributed by atoms with E-state index in [1.807, 2.05) is 20.8 Å². The zero-order chi connectivity index (χ0) is 12.3. The molecule has 0 aromatic heterocycles. The quantitative estimate of drug-likeness (QED) is 0.858. The number of halogens is 1. The lowest BCUT2D eigenvalue weighted by Gasteiger charge is -2.25. The van der Waals surface area contributed by atoms with Crippen molar-refractivity contribution in [2.75, 3.05) is 6.61 Å². The Hall–Kier alpha value is -1.09. The molecule has 0 bridgehead atoms. The van der Waals surface area contributed by atoms with E-state index in [-0.39, 0.29) is 23.6 Å². The van der Waals surface area contributed by atoms with Crippen molar-refractivity contribution < 1.29 is 14.2 Å². The second kappa shape index (κ2) is 4.83. The van der Waals surface area contributed by atoms with Crippen LogP contribution in [-0.4, -0.2) is 17.8 Å². The maximum absolute atomic E-state index is 13.5. The summed E-state index contributed by atoms with van der Waals surface area (Å²) in [6, 6.07) is 4.98. The summed E-state index contributed by atoms with van der Waals surface area (Å²) in [5, 5.41) is 9.76. The Bertz CT molecular complexity index is 355. The number of ether oxygens (including phenoxy) is 1. The van der Waals surface area contributed by atoms with Crippen LogP contribution in [0.4, 0.5) is 4.39 Å². The molecule has 1 unspecified atom stereocenters. The topological polar surface area (TPSA) is 29.5 Å². The van der Waals surface area contributed by atoms with Gasteiger partial charge in [0, 0.05) is 0 Å². The number of aryl methyl sites for hydroxylation is 1. The summed E-state index contributed by atoms with van der Waals surface area (Å²) in [5.74, 6) is -0.160. The maximum atomic E-state index is 13.5. The van der Waals surface area contributed by atoms with E-state index < -0.39 is 6.10 Å². The van der Waals surface area contributed by atoms with E-state index in [4.69, 9.17) is 4.74 Å². The smallest absolute Gasteiger partial charge is 0.167 e. The molecule has 0 saturated carbocycles. The van der Waals surface area contributed by atoms with E-state index in [9.17, 15) is 9.50 Å². The van der Waals surface area contributed by atoms with E-state index in [2.05, 4.69) is 0 Å². The highest BCUT2D eigenvalue weighted by Crippen LogP contribution is 2.23. The predicted octanol–water partition coefficient (Wildman–Crippen LogP) is 2.92. The second-order valence-corrected chi connectivity index (χ2v) is 5.08. The minimum Gasteiger partial charge on any atom is -0.488 e. The van der Waals surface area contributed by atoms with Crippen molar-refractivity contribution in [3.63, 3.8) is 0 Å². The van der Waals surface area contributed by atoms with Gasteiger partial charge in [-0.05, 0) is 24.0 Å². The van der Waals surface area contributed by atoms with Crippen LogP contribution in [-0.2, 0) is 0 Å². The van der Waals surface area contributed by atoms with E-state index in [1.54, 1.807) is 25.1 Å². The van der Waals surface area contributed by atoms with Crippen molar-refractivity contribution >= 4 is 0 Å². The zero-order valence-corrected chi connectivity index (χ0v) is 10.2. The van der Waals surface area contributed by atoms with E-state index in [1.165, 1.54) is 0 Å². The van der Waals surface area contributed by atoms with Crippen LogP contribution in [0.15, 0.2) is 18.2 Å². The van der Waals surface area contributed by atoms with Gasteiger partial charge < -0.3 is 9.84 Å². The van der Waals surface area contributed by atoms with Gasteiger partial charge in [-0.1, -0.05) is 32.9 Å². The summed E-state index contributed by atoms with van der Waals surface area (Å²) in [7, 11) is 0. The van der Waals surface area contributed by atoms with Gasteiger partial charge in [0.05, 0.1) is 6.10 Å². The summed E-state index contributed by atoms with van der Waals surface area (Å²) in [6.07, 6.45) is -0.618. The monoisotopic (exact) mass is 226 g/mol. The molecular formula is C13H19FO2. The SMILES string of the molecule is Cc1cccc(OCC(O)C(C)(C)C)c1F. The van der Waals surface area contributed by atoms with Gasteiger partial charge in [-0.2, -0.15) is 0 Å². The van der Waals surface area contributed by atoms with Gasteiger partial charge in [0.1, 0.15) is 6.61 Å². The molecule has 1 aromatic carbocycles. The standard InChI is InChI=1S/C13H19FO2/c1-9-6-5-7-10(12(9)14)16-8-11(15)13(2,3)4/h5-7,11,15H,8H2,1-4H3. The summed E-state index contributed by atoms with van der Waals surface area (Å²) < 4.78 is 18.8. The maximum Gasteiger partial charge on any atom is 0.167 e. The fourth-order valence-corrected chi connectivity index (χ4v) is 1.15. The van der Waals surface area contributed by atoms with Gasteiger partial charge in [-0.3, -0.25) is 0 Å². The third kappa shape index (κ3) is 3.20. The van der Waals surface area contributed by atoms with Crippen molar-refractivity contribution in [3.05, 3.63) is 29.6 Å². The van der Waals surface area contributed by atoms with Crippen molar-refractivity contribution in [1.29, 1.82) is 0 Å². The lowest BCUT2D eigenvalue weighted by molar-refractivity contribution is 0.0207. The van der Waals surface area contributed by atoms with Crippen molar-refractivity contribution in [2.45, 2.75) is 33.8 Å².